The Bertz CT molecular complexity index is 553. The standard InChI is InChI=1S/C18H21N/c1-14-7-5-6-10-17(14)18(13-19)11-16(12-18)15-8-3-2-4-9-15/h2-10,16H,11-13,19H2,1H3. The molecule has 1 heteroatoms. The van der Waals surface area contributed by atoms with Gasteiger partial charge in [-0.05, 0) is 42.4 Å². The maximum absolute atomic E-state index is 6.11. The molecule has 98 valence electrons. The molecule has 0 unspecified atom stereocenters. The average Bonchev–Trinajstić information content (AvgIpc) is 2.41. The van der Waals surface area contributed by atoms with Gasteiger partial charge in [-0.25, -0.2) is 0 Å². The van der Waals surface area contributed by atoms with Crippen LogP contribution in [0.2, 0.25) is 0 Å². The van der Waals surface area contributed by atoms with Crippen LogP contribution >= 0.6 is 0 Å². The molecule has 0 aromatic heterocycles. The van der Waals surface area contributed by atoms with Crippen LogP contribution in [0.3, 0.4) is 0 Å². The lowest BCUT2D eigenvalue weighted by Crippen LogP contribution is -2.46. The first kappa shape index (κ1) is 12.4. The van der Waals surface area contributed by atoms with E-state index >= 15 is 0 Å². The fourth-order valence-electron chi connectivity index (χ4n) is 3.51. The number of rotatable bonds is 3. The van der Waals surface area contributed by atoms with Crippen LogP contribution in [0.15, 0.2) is 54.6 Å². The van der Waals surface area contributed by atoms with E-state index in [1.807, 2.05) is 0 Å². The van der Waals surface area contributed by atoms with Crippen molar-refractivity contribution in [2.75, 3.05) is 6.54 Å². The monoisotopic (exact) mass is 251 g/mol. The summed E-state index contributed by atoms with van der Waals surface area (Å²) in [6.07, 6.45) is 2.36. The Morgan fingerprint density at radius 1 is 1.00 bits per heavy atom. The summed E-state index contributed by atoms with van der Waals surface area (Å²) in [5.41, 5.74) is 10.6. The number of hydrogen-bond donors (Lipinski definition) is 1. The summed E-state index contributed by atoms with van der Waals surface area (Å²) in [4.78, 5) is 0. The van der Waals surface area contributed by atoms with E-state index in [9.17, 15) is 0 Å². The largest absolute Gasteiger partial charge is 0.330 e. The number of hydrogen-bond acceptors (Lipinski definition) is 1. The van der Waals surface area contributed by atoms with Crippen molar-refractivity contribution < 1.29 is 0 Å². The normalized spacial score (nSPS) is 25.9. The molecule has 0 bridgehead atoms. The summed E-state index contributed by atoms with van der Waals surface area (Å²) in [5, 5.41) is 0. The summed E-state index contributed by atoms with van der Waals surface area (Å²) in [6.45, 7) is 2.95. The van der Waals surface area contributed by atoms with Crippen LogP contribution in [0.4, 0.5) is 0 Å². The van der Waals surface area contributed by atoms with Crippen molar-refractivity contribution in [2.45, 2.75) is 31.1 Å². The third kappa shape index (κ3) is 2.08. The Kier molecular flexibility index (Phi) is 3.16. The van der Waals surface area contributed by atoms with E-state index in [1.165, 1.54) is 29.5 Å². The summed E-state index contributed by atoms with van der Waals surface area (Å²) in [5.74, 6) is 0.671. The number of aryl methyl sites for hydroxylation is 1. The maximum atomic E-state index is 6.11. The topological polar surface area (TPSA) is 26.0 Å². The zero-order valence-electron chi connectivity index (χ0n) is 11.5. The number of nitrogens with two attached hydrogens (primary N) is 1. The van der Waals surface area contributed by atoms with Crippen molar-refractivity contribution in [3.63, 3.8) is 0 Å². The Morgan fingerprint density at radius 2 is 1.63 bits per heavy atom. The fourth-order valence-corrected chi connectivity index (χ4v) is 3.51. The van der Waals surface area contributed by atoms with Gasteiger partial charge in [-0.15, -0.1) is 0 Å². The van der Waals surface area contributed by atoms with Crippen molar-refractivity contribution >= 4 is 0 Å². The Morgan fingerprint density at radius 3 is 2.26 bits per heavy atom. The molecule has 2 aromatic carbocycles. The minimum atomic E-state index is 0.200. The van der Waals surface area contributed by atoms with Crippen molar-refractivity contribution in [3.8, 4) is 0 Å². The van der Waals surface area contributed by atoms with E-state index in [4.69, 9.17) is 5.73 Å². The molecule has 0 radical (unpaired) electrons. The molecule has 0 amide bonds. The van der Waals surface area contributed by atoms with Crippen molar-refractivity contribution in [1.29, 1.82) is 0 Å². The van der Waals surface area contributed by atoms with Crippen molar-refractivity contribution in [1.82, 2.24) is 0 Å². The average molecular weight is 251 g/mol. The summed E-state index contributed by atoms with van der Waals surface area (Å²) in [6, 6.07) is 19.5. The molecule has 0 aliphatic heterocycles. The Hall–Kier alpha value is -1.60. The van der Waals surface area contributed by atoms with Crippen LogP contribution in [0.25, 0.3) is 0 Å². The van der Waals surface area contributed by atoms with E-state index in [2.05, 4.69) is 61.5 Å². The summed E-state index contributed by atoms with van der Waals surface area (Å²) >= 11 is 0. The molecular weight excluding hydrogens is 230 g/mol. The van der Waals surface area contributed by atoms with Crippen molar-refractivity contribution in [2.24, 2.45) is 5.73 Å². The predicted molar refractivity (Wildman–Crippen MR) is 80.3 cm³/mol. The van der Waals surface area contributed by atoms with Gasteiger partial charge >= 0.3 is 0 Å². The van der Waals surface area contributed by atoms with Gasteiger partial charge in [0.2, 0.25) is 0 Å². The molecule has 1 nitrogen and oxygen atoms in total. The van der Waals surface area contributed by atoms with Gasteiger partial charge in [-0.3, -0.25) is 0 Å². The van der Waals surface area contributed by atoms with Gasteiger partial charge in [0.15, 0.2) is 0 Å². The van der Waals surface area contributed by atoms with Gasteiger partial charge in [0.25, 0.3) is 0 Å². The van der Waals surface area contributed by atoms with Crippen LogP contribution in [0, 0.1) is 6.92 Å². The molecule has 3 rings (SSSR count). The van der Waals surface area contributed by atoms with Gasteiger partial charge in [0, 0.05) is 12.0 Å². The van der Waals surface area contributed by atoms with E-state index in [0.717, 1.165) is 6.54 Å². The van der Waals surface area contributed by atoms with E-state index < -0.39 is 0 Å². The zero-order chi connectivity index (χ0) is 13.3. The highest BCUT2D eigenvalue weighted by Gasteiger charge is 2.45. The van der Waals surface area contributed by atoms with Crippen molar-refractivity contribution in [3.05, 3.63) is 71.3 Å². The lowest BCUT2D eigenvalue weighted by molar-refractivity contribution is 0.208. The lowest BCUT2D eigenvalue weighted by atomic mass is 9.56. The Balaban J connectivity index is 1.84. The van der Waals surface area contributed by atoms with Crippen LogP contribution in [-0.4, -0.2) is 6.54 Å². The number of benzene rings is 2. The molecular formula is C18H21N. The van der Waals surface area contributed by atoms with E-state index in [1.54, 1.807) is 0 Å². The second-order valence-corrected chi connectivity index (χ2v) is 5.82. The SMILES string of the molecule is Cc1ccccc1C1(CN)CC(c2ccccc2)C1. The van der Waals surface area contributed by atoms with Crippen LogP contribution in [0.5, 0.6) is 0 Å². The van der Waals surface area contributed by atoms with Gasteiger partial charge in [-0.1, -0.05) is 54.6 Å². The molecule has 1 saturated carbocycles. The third-order valence-corrected chi connectivity index (χ3v) is 4.65. The molecule has 1 aliphatic rings. The predicted octanol–water partition coefficient (Wildman–Crippen LogP) is 3.77. The molecule has 0 saturated heterocycles. The van der Waals surface area contributed by atoms with E-state index in [0.29, 0.717) is 5.92 Å². The summed E-state index contributed by atoms with van der Waals surface area (Å²) in [7, 11) is 0. The highest BCUT2D eigenvalue weighted by atomic mass is 14.6. The molecule has 2 N–H and O–H groups in total. The van der Waals surface area contributed by atoms with Gasteiger partial charge in [-0.2, -0.15) is 0 Å². The molecule has 0 heterocycles. The second-order valence-electron chi connectivity index (χ2n) is 5.82. The molecule has 0 atom stereocenters. The third-order valence-electron chi connectivity index (χ3n) is 4.65. The van der Waals surface area contributed by atoms with Gasteiger partial charge < -0.3 is 5.73 Å². The molecule has 0 spiro atoms. The quantitative estimate of drug-likeness (QED) is 0.883. The zero-order valence-corrected chi connectivity index (χ0v) is 11.5. The first-order chi connectivity index (χ1) is 9.25. The fraction of sp³-hybridized carbons (Fsp3) is 0.333. The highest BCUT2D eigenvalue weighted by molar-refractivity contribution is 5.39. The molecule has 1 aliphatic carbocycles. The molecule has 19 heavy (non-hydrogen) atoms. The van der Waals surface area contributed by atoms with Crippen LogP contribution in [0.1, 0.15) is 35.4 Å². The smallest absolute Gasteiger partial charge is 0.00897 e. The van der Waals surface area contributed by atoms with Gasteiger partial charge in [0.05, 0.1) is 0 Å². The van der Waals surface area contributed by atoms with Crippen LogP contribution < -0.4 is 5.73 Å². The first-order valence-corrected chi connectivity index (χ1v) is 7.06. The first-order valence-electron chi connectivity index (χ1n) is 7.06. The minimum absolute atomic E-state index is 0.200. The lowest BCUT2D eigenvalue weighted by Gasteiger charge is -2.48. The summed E-state index contributed by atoms with van der Waals surface area (Å²) < 4.78 is 0. The van der Waals surface area contributed by atoms with Gasteiger partial charge in [0.1, 0.15) is 0 Å². The maximum Gasteiger partial charge on any atom is 0.00897 e. The highest BCUT2D eigenvalue weighted by Crippen LogP contribution is 2.52. The van der Waals surface area contributed by atoms with Crippen LogP contribution in [-0.2, 0) is 5.41 Å². The molecule has 2 aromatic rings. The minimum Gasteiger partial charge on any atom is -0.330 e. The van der Waals surface area contributed by atoms with E-state index in [-0.39, 0.29) is 5.41 Å². The molecule has 1 fully saturated rings. The Labute approximate surface area is 115 Å². The second kappa shape index (κ2) is 4.82.